The van der Waals surface area contributed by atoms with E-state index in [1.165, 1.54) is 6.07 Å². The van der Waals surface area contributed by atoms with Gasteiger partial charge in [0.15, 0.2) is 5.82 Å². The van der Waals surface area contributed by atoms with Gasteiger partial charge < -0.3 is 15.0 Å². The normalized spacial score (nSPS) is 25.5. The monoisotopic (exact) mass is 368 g/mol. The minimum absolute atomic E-state index is 0.0697. The van der Waals surface area contributed by atoms with Crippen LogP contribution in [0, 0.1) is 18.8 Å². The zero-order chi connectivity index (χ0) is 19.1. The summed E-state index contributed by atoms with van der Waals surface area (Å²) in [6.07, 6.45) is -1.22. The van der Waals surface area contributed by atoms with Crippen LogP contribution in [0.3, 0.4) is 0 Å². The van der Waals surface area contributed by atoms with Crippen molar-refractivity contribution in [2.24, 2.45) is 11.8 Å². The number of halogens is 2. The number of anilines is 1. The van der Waals surface area contributed by atoms with Crippen molar-refractivity contribution in [2.45, 2.75) is 58.6 Å². The number of amides is 1. The number of carbonyl (C=O) groups excluding carboxylic acids is 1. The number of hydrogen-bond donors (Lipinski definition) is 1. The van der Waals surface area contributed by atoms with E-state index in [1.54, 1.807) is 11.8 Å². The van der Waals surface area contributed by atoms with E-state index in [-0.39, 0.29) is 23.5 Å². The van der Waals surface area contributed by atoms with E-state index in [1.807, 2.05) is 20.8 Å². The van der Waals surface area contributed by atoms with Gasteiger partial charge in [0.25, 0.3) is 6.43 Å². The fourth-order valence-corrected chi connectivity index (χ4v) is 3.87. The van der Waals surface area contributed by atoms with Crippen molar-refractivity contribution in [3.05, 3.63) is 17.3 Å². The summed E-state index contributed by atoms with van der Waals surface area (Å²) in [7, 11) is 0. The molecule has 6 nitrogen and oxygen atoms in total. The molecule has 3 rings (SSSR count). The minimum atomic E-state index is -2.59. The molecule has 1 N–H and O–H groups in total. The molecule has 0 bridgehead atoms. The number of nitrogens with zero attached hydrogens (tertiary/aromatic N) is 3. The fourth-order valence-electron chi connectivity index (χ4n) is 3.87. The fraction of sp³-hybridized carbons (Fsp3) is 0.722. The van der Waals surface area contributed by atoms with Gasteiger partial charge in [0.2, 0.25) is 0 Å². The summed E-state index contributed by atoms with van der Waals surface area (Å²) in [4.78, 5) is 14.0. The molecule has 0 radical (unpaired) electrons. The smallest absolute Gasteiger partial charge is 0.410 e. The van der Waals surface area contributed by atoms with Gasteiger partial charge in [0, 0.05) is 19.1 Å². The number of alkyl halides is 2. The van der Waals surface area contributed by atoms with E-state index in [0.29, 0.717) is 30.6 Å². The topological polar surface area (TPSA) is 67.4 Å². The Hall–Kier alpha value is -1.99. The largest absolute Gasteiger partial charge is 0.444 e. The number of aryl methyl sites for hydroxylation is 1. The number of fused-ring (bicyclic) bond motifs is 1. The predicted molar refractivity (Wildman–Crippen MR) is 93.2 cm³/mol. The number of hydrogen-bond acceptors (Lipinski definition) is 5. The molecular formula is C18H26F2N4O2. The molecule has 2 fully saturated rings. The second-order valence-electron chi connectivity index (χ2n) is 8.31. The summed E-state index contributed by atoms with van der Waals surface area (Å²) < 4.78 is 31.9. The lowest BCUT2D eigenvalue weighted by Gasteiger charge is -2.25. The second-order valence-corrected chi connectivity index (χ2v) is 8.31. The molecule has 1 aromatic rings. The maximum absolute atomic E-state index is 13.2. The Morgan fingerprint density at radius 1 is 1.27 bits per heavy atom. The van der Waals surface area contributed by atoms with Gasteiger partial charge in [-0.25, -0.2) is 13.6 Å². The Labute approximate surface area is 152 Å². The van der Waals surface area contributed by atoms with Crippen LogP contribution in [0.25, 0.3) is 0 Å². The molecule has 8 heteroatoms. The molecule has 0 spiro atoms. The van der Waals surface area contributed by atoms with Gasteiger partial charge in [0.1, 0.15) is 5.60 Å². The third-order valence-electron chi connectivity index (χ3n) is 4.92. The summed E-state index contributed by atoms with van der Waals surface area (Å²) in [5.74, 6) is 0.876. The van der Waals surface area contributed by atoms with Crippen molar-refractivity contribution in [1.29, 1.82) is 0 Å². The third kappa shape index (κ3) is 4.22. The molecule has 144 valence electrons. The lowest BCUT2D eigenvalue weighted by atomic mass is 10.0. The number of carbonyl (C=O) groups is 1. The van der Waals surface area contributed by atoms with Crippen LogP contribution in [0.1, 0.15) is 51.3 Å². The van der Waals surface area contributed by atoms with Gasteiger partial charge in [-0.05, 0) is 58.4 Å². The van der Waals surface area contributed by atoms with Crippen LogP contribution >= 0.6 is 0 Å². The molecule has 26 heavy (non-hydrogen) atoms. The highest BCUT2D eigenvalue weighted by atomic mass is 19.3. The summed E-state index contributed by atoms with van der Waals surface area (Å²) in [5.41, 5.74) is -0.138. The van der Waals surface area contributed by atoms with Crippen LogP contribution in [0.15, 0.2) is 6.07 Å². The Morgan fingerprint density at radius 3 is 2.42 bits per heavy atom. The number of rotatable bonds is 3. The number of nitrogens with one attached hydrogen (secondary N) is 1. The van der Waals surface area contributed by atoms with Gasteiger partial charge in [-0.15, -0.1) is 5.10 Å². The van der Waals surface area contributed by atoms with Crippen LogP contribution in [-0.4, -0.2) is 45.9 Å². The zero-order valence-corrected chi connectivity index (χ0v) is 15.6. The molecule has 2 unspecified atom stereocenters. The van der Waals surface area contributed by atoms with E-state index in [2.05, 4.69) is 15.5 Å². The van der Waals surface area contributed by atoms with Crippen molar-refractivity contribution in [3.8, 4) is 0 Å². The molecule has 1 saturated heterocycles. The van der Waals surface area contributed by atoms with Crippen molar-refractivity contribution >= 4 is 11.9 Å². The highest BCUT2D eigenvalue weighted by molar-refractivity contribution is 5.68. The molecule has 3 atom stereocenters. The number of ether oxygens (including phenoxy) is 1. The zero-order valence-electron chi connectivity index (χ0n) is 15.6. The SMILES string of the molecule is Cc1cc(C(F)F)c(NC2CC3CN(C(=O)OC(C)(C)C)C[C@H]3C2)nn1. The summed E-state index contributed by atoms with van der Waals surface area (Å²) in [6.45, 7) is 8.51. The van der Waals surface area contributed by atoms with Gasteiger partial charge in [-0.3, -0.25) is 0 Å². The van der Waals surface area contributed by atoms with Gasteiger partial charge in [-0.1, -0.05) is 0 Å². The van der Waals surface area contributed by atoms with Crippen LogP contribution in [-0.2, 0) is 4.74 Å². The Bertz CT molecular complexity index is 664. The van der Waals surface area contributed by atoms with Crippen molar-refractivity contribution in [3.63, 3.8) is 0 Å². The van der Waals surface area contributed by atoms with Crippen molar-refractivity contribution < 1.29 is 18.3 Å². The highest BCUT2D eigenvalue weighted by Crippen LogP contribution is 2.40. The maximum Gasteiger partial charge on any atom is 0.410 e. The van der Waals surface area contributed by atoms with E-state index in [0.717, 1.165) is 12.8 Å². The lowest BCUT2D eigenvalue weighted by molar-refractivity contribution is 0.0280. The Kier molecular flexibility index (Phi) is 5.03. The first-order valence-corrected chi connectivity index (χ1v) is 8.99. The van der Waals surface area contributed by atoms with Crippen LogP contribution in [0.2, 0.25) is 0 Å². The average Bonchev–Trinajstić information content (AvgIpc) is 3.05. The molecular weight excluding hydrogens is 342 g/mol. The summed E-state index contributed by atoms with van der Waals surface area (Å²) in [6, 6.07) is 1.44. The van der Waals surface area contributed by atoms with Gasteiger partial charge >= 0.3 is 6.09 Å². The lowest BCUT2D eigenvalue weighted by Crippen LogP contribution is -2.36. The van der Waals surface area contributed by atoms with Gasteiger partial charge in [-0.2, -0.15) is 5.10 Å². The van der Waals surface area contributed by atoms with Crippen molar-refractivity contribution in [1.82, 2.24) is 15.1 Å². The van der Waals surface area contributed by atoms with Gasteiger partial charge in [0.05, 0.1) is 11.3 Å². The predicted octanol–water partition coefficient (Wildman–Crippen LogP) is 3.78. The van der Waals surface area contributed by atoms with Crippen LogP contribution in [0.4, 0.5) is 19.4 Å². The molecule has 1 aromatic heterocycles. The van der Waals surface area contributed by atoms with E-state index >= 15 is 0 Å². The average molecular weight is 368 g/mol. The first-order valence-electron chi connectivity index (χ1n) is 8.99. The quantitative estimate of drug-likeness (QED) is 0.879. The minimum Gasteiger partial charge on any atom is -0.444 e. The molecule has 2 aliphatic rings. The van der Waals surface area contributed by atoms with E-state index in [9.17, 15) is 13.6 Å². The van der Waals surface area contributed by atoms with Crippen LogP contribution in [0.5, 0.6) is 0 Å². The third-order valence-corrected chi connectivity index (χ3v) is 4.92. The standard InChI is InChI=1S/C18H26F2N4O2/c1-10-5-14(15(19)20)16(23-22-10)21-13-6-11-8-24(9-12(11)7-13)17(25)26-18(2,3)4/h5,11-13,15H,6-9H2,1-4H3,(H,21,23)/t11-,12?,13?/m1/s1. The molecule has 1 aliphatic carbocycles. The Balaban J connectivity index is 1.58. The molecule has 2 heterocycles. The number of likely N-dealkylation sites (tertiary alicyclic amines) is 1. The van der Waals surface area contributed by atoms with Crippen LogP contribution < -0.4 is 5.32 Å². The first kappa shape index (κ1) is 18.8. The first-order chi connectivity index (χ1) is 12.1. The molecule has 1 amide bonds. The van der Waals surface area contributed by atoms with E-state index < -0.39 is 12.0 Å². The second kappa shape index (κ2) is 6.96. The van der Waals surface area contributed by atoms with Crippen molar-refractivity contribution in [2.75, 3.05) is 18.4 Å². The maximum atomic E-state index is 13.2. The summed E-state index contributed by atoms with van der Waals surface area (Å²) >= 11 is 0. The molecule has 0 aromatic carbocycles. The molecule has 1 aliphatic heterocycles. The Morgan fingerprint density at radius 2 is 1.88 bits per heavy atom. The number of aromatic nitrogens is 2. The highest BCUT2D eigenvalue weighted by Gasteiger charge is 2.43. The summed E-state index contributed by atoms with van der Waals surface area (Å²) in [5, 5.41) is 10.9. The van der Waals surface area contributed by atoms with E-state index in [4.69, 9.17) is 4.74 Å². The molecule has 1 saturated carbocycles.